The molecular formula is C14H26N2O2S3. The lowest BCUT2D eigenvalue weighted by atomic mass is 10.3. The number of sulfonamides is 1. The second-order valence-electron chi connectivity index (χ2n) is 4.95. The third kappa shape index (κ3) is 4.69. The first-order valence-corrected chi connectivity index (χ1v) is 10.8. The van der Waals surface area contributed by atoms with Gasteiger partial charge in [0, 0.05) is 35.1 Å². The lowest BCUT2D eigenvalue weighted by molar-refractivity contribution is 0.385. The van der Waals surface area contributed by atoms with Crippen LogP contribution < -0.4 is 5.32 Å². The van der Waals surface area contributed by atoms with Crippen molar-refractivity contribution in [2.45, 2.75) is 44.7 Å². The fourth-order valence-electron chi connectivity index (χ4n) is 2.14. The van der Waals surface area contributed by atoms with E-state index in [0.717, 1.165) is 35.0 Å². The molecule has 1 unspecified atom stereocenters. The van der Waals surface area contributed by atoms with Crippen LogP contribution in [0.5, 0.6) is 0 Å². The van der Waals surface area contributed by atoms with Crippen molar-refractivity contribution < 1.29 is 8.42 Å². The molecule has 0 saturated carbocycles. The Hall–Kier alpha value is -0.0800. The van der Waals surface area contributed by atoms with E-state index in [1.807, 2.05) is 33.1 Å². The second-order valence-corrected chi connectivity index (χ2v) is 9.17. The van der Waals surface area contributed by atoms with Gasteiger partial charge in [-0.3, -0.25) is 0 Å². The van der Waals surface area contributed by atoms with Crippen molar-refractivity contribution in [2.24, 2.45) is 0 Å². The van der Waals surface area contributed by atoms with E-state index in [1.54, 1.807) is 30.1 Å². The van der Waals surface area contributed by atoms with E-state index in [4.69, 9.17) is 0 Å². The molecule has 7 heteroatoms. The summed E-state index contributed by atoms with van der Waals surface area (Å²) in [6, 6.07) is 1.86. The van der Waals surface area contributed by atoms with Gasteiger partial charge >= 0.3 is 0 Å². The van der Waals surface area contributed by atoms with Crippen molar-refractivity contribution in [1.82, 2.24) is 9.62 Å². The molecule has 0 bridgehead atoms. The zero-order chi connectivity index (χ0) is 16.0. The molecule has 122 valence electrons. The van der Waals surface area contributed by atoms with Gasteiger partial charge in [0.15, 0.2) is 0 Å². The van der Waals surface area contributed by atoms with Crippen LogP contribution in [0.1, 0.15) is 30.0 Å². The highest BCUT2D eigenvalue weighted by atomic mass is 32.2. The summed E-state index contributed by atoms with van der Waals surface area (Å²) in [6.07, 6.45) is 2.83. The Morgan fingerprint density at radius 1 is 1.43 bits per heavy atom. The lowest BCUT2D eigenvalue weighted by Crippen LogP contribution is -2.38. The first kappa shape index (κ1) is 19.0. The topological polar surface area (TPSA) is 49.4 Å². The maximum atomic E-state index is 12.8. The third-order valence-electron chi connectivity index (χ3n) is 3.47. The van der Waals surface area contributed by atoms with Crippen LogP contribution in [0.3, 0.4) is 0 Å². The summed E-state index contributed by atoms with van der Waals surface area (Å²) in [7, 11) is -1.71. The van der Waals surface area contributed by atoms with Gasteiger partial charge in [0.25, 0.3) is 0 Å². The molecule has 0 aromatic carbocycles. The summed E-state index contributed by atoms with van der Waals surface area (Å²) >= 11 is 3.24. The Morgan fingerprint density at radius 3 is 2.62 bits per heavy atom. The Bertz CT molecular complexity index is 540. The Morgan fingerprint density at radius 2 is 2.10 bits per heavy atom. The molecule has 0 aliphatic rings. The van der Waals surface area contributed by atoms with Crippen molar-refractivity contribution in [1.29, 1.82) is 0 Å². The minimum Gasteiger partial charge on any atom is -0.312 e. The van der Waals surface area contributed by atoms with E-state index in [2.05, 4.69) is 5.32 Å². The number of rotatable bonds is 9. The van der Waals surface area contributed by atoms with Gasteiger partial charge in [0.05, 0.1) is 4.90 Å². The molecule has 1 heterocycles. The highest BCUT2D eigenvalue weighted by molar-refractivity contribution is 7.98. The van der Waals surface area contributed by atoms with E-state index in [1.165, 1.54) is 4.31 Å². The smallest absolute Gasteiger partial charge is 0.244 e. The number of hydrogen-bond donors (Lipinski definition) is 1. The van der Waals surface area contributed by atoms with Crippen molar-refractivity contribution in [3.05, 3.63) is 15.8 Å². The van der Waals surface area contributed by atoms with Crippen LogP contribution >= 0.6 is 23.1 Å². The minimum atomic E-state index is -3.40. The molecule has 0 amide bonds. The number of nitrogens with zero attached hydrogens (tertiary/aromatic N) is 1. The van der Waals surface area contributed by atoms with Gasteiger partial charge < -0.3 is 5.32 Å². The highest BCUT2D eigenvalue weighted by Crippen LogP contribution is 2.29. The van der Waals surface area contributed by atoms with Crippen molar-refractivity contribution >= 4 is 33.1 Å². The first-order chi connectivity index (χ1) is 9.88. The number of thiophene rings is 1. The molecule has 0 fully saturated rings. The normalized spacial score (nSPS) is 13.8. The molecule has 1 rings (SSSR count). The van der Waals surface area contributed by atoms with E-state index in [-0.39, 0.29) is 6.04 Å². The van der Waals surface area contributed by atoms with Crippen LogP contribution in [-0.2, 0) is 16.6 Å². The molecule has 0 aliphatic carbocycles. The Balaban J connectivity index is 3.03. The molecule has 0 spiro atoms. The number of aryl methyl sites for hydroxylation is 1. The third-order valence-corrected chi connectivity index (χ3v) is 7.41. The molecular weight excluding hydrogens is 324 g/mol. The van der Waals surface area contributed by atoms with E-state index >= 15 is 0 Å². The predicted octanol–water partition coefficient (Wildman–Crippen LogP) is 2.93. The van der Waals surface area contributed by atoms with E-state index in [9.17, 15) is 8.42 Å². The van der Waals surface area contributed by atoms with Gasteiger partial charge in [-0.1, -0.05) is 13.8 Å². The van der Waals surface area contributed by atoms with Crippen molar-refractivity contribution in [3.8, 4) is 0 Å². The summed E-state index contributed by atoms with van der Waals surface area (Å²) in [6.45, 7) is 7.56. The van der Waals surface area contributed by atoms with E-state index < -0.39 is 10.0 Å². The summed E-state index contributed by atoms with van der Waals surface area (Å²) in [5.74, 6) is 0.819. The molecule has 4 nitrogen and oxygen atoms in total. The maximum absolute atomic E-state index is 12.8. The standard InChI is InChI=1S/C14H26N2O2S3/c1-6-12(10-19-5)16(4)21(17,18)14-8-13(9-15-7-2)20-11(14)3/h8,12,15H,6-7,9-10H2,1-5H3. The molecule has 1 aromatic rings. The van der Waals surface area contributed by atoms with Crippen LogP contribution in [0.25, 0.3) is 0 Å². The Kier molecular flexibility index (Phi) is 7.70. The summed E-state index contributed by atoms with van der Waals surface area (Å²) < 4.78 is 27.2. The number of hydrogen-bond acceptors (Lipinski definition) is 5. The maximum Gasteiger partial charge on any atom is 0.244 e. The molecule has 21 heavy (non-hydrogen) atoms. The predicted molar refractivity (Wildman–Crippen MR) is 93.8 cm³/mol. The molecule has 0 saturated heterocycles. The van der Waals surface area contributed by atoms with Gasteiger partial charge in [-0.2, -0.15) is 16.1 Å². The van der Waals surface area contributed by atoms with Gasteiger partial charge in [-0.05, 0) is 32.2 Å². The van der Waals surface area contributed by atoms with Gasteiger partial charge in [-0.15, -0.1) is 11.3 Å². The van der Waals surface area contributed by atoms with Gasteiger partial charge in [0.2, 0.25) is 10.0 Å². The quantitative estimate of drug-likeness (QED) is 0.744. The zero-order valence-electron chi connectivity index (χ0n) is 13.5. The average Bonchev–Trinajstić information content (AvgIpc) is 2.83. The molecule has 1 aromatic heterocycles. The van der Waals surface area contributed by atoms with Gasteiger partial charge in [0.1, 0.15) is 0 Å². The van der Waals surface area contributed by atoms with Crippen LogP contribution in [-0.4, -0.2) is 44.4 Å². The highest BCUT2D eigenvalue weighted by Gasteiger charge is 2.29. The molecule has 1 atom stereocenters. The van der Waals surface area contributed by atoms with Crippen LogP contribution in [0.4, 0.5) is 0 Å². The summed E-state index contributed by atoms with van der Waals surface area (Å²) in [4.78, 5) is 2.40. The van der Waals surface area contributed by atoms with Crippen molar-refractivity contribution in [3.63, 3.8) is 0 Å². The Labute approximate surface area is 137 Å². The largest absolute Gasteiger partial charge is 0.312 e. The number of nitrogens with one attached hydrogen (secondary N) is 1. The fourth-order valence-corrected chi connectivity index (χ4v) is 6.08. The average molecular weight is 351 g/mol. The fraction of sp³-hybridized carbons (Fsp3) is 0.714. The second kappa shape index (κ2) is 8.53. The molecule has 1 N–H and O–H groups in total. The van der Waals surface area contributed by atoms with Crippen LogP contribution in [0, 0.1) is 6.92 Å². The first-order valence-electron chi connectivity index (χ1n) is 7.15. The van der Waals surface area contributed by atoms with Crippen LogP contribution in [0.2, 0.25) is 0 Å². The van der Waals surface area contributed by atoms with E-state index in [0.29, 0.717) is 4.90 Å². The lowest BCUT2D eigenvalue weighted by Gasteiger charge is -2.25. The molecule has 0 aliphatic heterocycles. The monoisotopic (exact) mass is 350 g/mol. The SMILES string of the molecule is CCNCc1cc(S(=O)(=O)N(C)C(CC)CSC)c(C)s1. The minimum absolute atomic E-state index is 0.0431. The zero-order valence-corrected chi connectivity index (χ0v) is 15.9. The van der Waals surface area contributed by atoms with Gasteiger partial charge in [-0.25, -0.2) is 8.42 Å². The van der Waals surface area contributed by atoms with Crippen LogP contribution in [0.15, 0.2) is 11.0 Å². The van der Waals surface area contributed by atoms with Crippen molar-refractivity contribution in [2.75, 3.05) is 25.6 Å². The summed E-state index contributed by atoms with van der Waals surface area (Å²) in [5, 5.41) is 3.24. The number of thioether (sulfide) groups is 1. The summed E-state index contributed by atoms with van der Waals surface area (Å²) in [5.41, 5.74) is 0. The molecule has 0 radical (unpaired) electrons.